The summed E-state index contributed by atoms with van der Waals surface area (Å²) in [6.07, 6.45) is 0. The largest absolute Gasteiger partial charge is 0.484 e. The van der Waals surface area contributed by atoms with E-state index in [1.54, 1.807) is 24.3 Å². The Labute approximate surface area is 153 Å². The SMILES string of the molecule is Cc1ccc(NC(=S)NC(=O)COc2ccc(Cl)cc2)c(Br)c1. The molecule has 7 heteroatoms. The molecule has 0 heterocycles. The molecule has 1 amide bonds. The normalized spacial score (nSPS) is 10.0. The maximum absolute atomic E-state index is 11.8. The zero-order chi connectivity index (χ0) is 16.8. The van der Waals surface area contributed by atoms with Gasteiger partial charge >= 0.3 is 0 Å². The number of rotatable bonds is 4. The highest BCUT2D eigenvalue weighted by Gasteiger charge is 2.08. The molecule has 23 heavy (non-hydrogen) atoms. The molecule has 0 radical (unpaired) electrons. The van der Waals surface area contributed by atoms with Gasteiger partial charge in [-0.25, -0.2) is 0 Å². The lowest BCUT2D eigenvalue weighted by Crippen LogP contribution is -2.37. The number of halogens is 2. The van der Waals surface area contributed by atoms with Gasteiger partial charge in [0.05, 0.1) is 5.69 Å². The molecule has 2 aromatic carbocycles. The molecular formula is C16H14BrClN2O2S. The number of anilines is 1. The predicted molar refractivity (Wildman–Crippen MR) is 100 cm³/mol. The number of carbonyl (C=O) groups excluding carboxylic acids is 1. The number of nitrogens with one attached hydrogen (secondary N) is 2. The van der Waals surface area contributed by atoms with Crippen molar-refractivity contribution in [1.82, 2.24) is 5.32 Å². The number of carbonyl (C=O) groups is 1. The van der Waals surface area contributed by atoms with Crippen LogP contribution in [0, 0.1) is 6.92 Å². The predicted octanol–water partition coefficient (Wildman–Crippen LogP) is 4.30. The first-order valence-electron chi connectivity index (χ1n) is 6.69. The topological polar surface area (TPSA) is 50.4 Å². The van der Waals surface area contributed by atoms with Crippen LogP contribution in [-0.4, -0.2) is 17.6 Å². The Kier molecular flexibility index (Phi) is 6.38. The molecule has 0 aromatic heterocycles. The van der Waals surface area contributed by atoms with Crippen molar-refractivity contribution in [2.24, 2.45) is 0 Å². The lowest BCUT2D eigenvalue weighted by atomic mass is 10.2. The molecule has 4 nitrogen and oxygen atoms in total. The van der Waals surface area contributed by atoms with Crippen molar-refractivity contribution < 1.29 is 9.53 Å². The van der Waals surface area contributed by atoms with Crippen molar-refractivity contribution >= 4 is 56.5 Å². The minimum atomic E-state index is -0.347. The van der Waals surface area contributed by atoms with Crippen LogP contribution in [0.5, 0.6) is 5.75 Å². The molecular weight excluding hydrogens is 400 g/mol. The van der Waals surface area contributed by atoms with Gasteiger partial charge < -0.3 is 10.1 Å². The lowest BCUT2D eigenvalue weighted by Gasteiger charge is -2.12. The van der Waals surface area contributed by atoms with Gasteiger partial charge in [0.25, 0.3) is 5.91 Å². The first-order chi connectivity index (χ1) is 10.9. The fourth-order valence-corrected chi connectivity index (χ4v) is 2.66. The van der Waals surface area contributed by atoms with Crippen molar-refractivity contribution in [1.29, 1.82) is 0 Å². The molecule has 0 spiro atoms. The van der Waals surface area contributed by atoms with Gasteiger partial charge in [0.2, 0.25) is 0 Å². The molecule has 0 aliphatic carbocycles. The van der Waals surface area contributed by atoms with Crippen LogP contribution in [-0.2, 0) is 4.79 Å². The maximum Gasteiger partial charge on any atom is 0.264 e. The zero-order valence-electron chi connectivity index (χ0n) is 12.2. The Morgan fingerprint density at radius 2 is 1.96 bits per heavy atom. The maximum atomic E-state index is 11.8. The highest BCUT2D eigenvalue weighted by Crippen LogP contribution is 2.23. The average Bonchev–Trinajstić information content (AvgIpc) is 2.49. The van der Waals surface area contributed by atoms with Crippen LogP contribution in [0.25, 0.3) is 0 Å². The molecule has 2 aromatic rings. The van der Waals surface area contributed by atoms with Crippen molar-refractivity contribution in [2.45, 2.75) is 6.92 Å². The van der Waals surface area contributed by atoms with Crippen LogP contribution < -0.4 is 15.4 Å². The fraction of sp³-hybridized carbons (Fsp3) is 0.125. The van der Waals surface area contributed by atoms with Gasteiger partial charge in [-0.2, -0.15) is 0 Å². The van der Waals surface area contributed by atoms with Crippen molar-refractivity contribution in [2.75, 3.05) is 11.9 Å². The van der Waals surface area contributed by atoms with Gasteiger partial charge in [0.15, 0.2) is 11.7 Å². The molecule has 120 valence electrons. The second-order valence-corrected chi connectivity index (χ2v) is 6.43. The third-order valence-corrected chi connectivity index (χ3v) is 3.92. The number of thiocarbonyl (C=S) groups is 1. The molecule has 0 aliphatic heterocycles. The van der Waals surface area contributed by atoms with Crippen molar-refractivity contribution in [3.05, 3.63) is 57.5 Å². The number of hydrogen-bond acceptors (Lipinski definition) is 3. The van der Waals surface area contributed by atoms with E-state index in [1.165, 1.54) is 0 Å². The summed E-state index contributed by atoms with van der Waals surface area (Å²) in [5.74, 6) is 0.213. The van der Waals surface area contributed by atoms with E-state index >= 15 is 0 Å². The smallest absolute Gasteiger partial charge is 0.264 e. The van der Waals surface area contributed by atoms with Gasteiger partial charge in [0.1, 0.15) is 5.75 Å². The van der Waals surface area contributed by atoms with E-state index in [-0.39, 0.29) is 17.6 Å². The molecule has 0 unspecified atom stereocenters. The summed E-state index contributed by atoms with van der Waals surface area (Å²) in [6.45, 7) is 1.85. The van der Waals surface area contributed by atoms with Gasteiger partial charge in [-0.3, -0.25) is 10.1 Å². The summed E-state index contributed by atoms with van der Waals surface area (Å²) in [5, 5.41) is 6.33. The zero-order valence-corrected chi connectivity index (χ0v) is 15.4. The summed E-state index contributed by atoms with van der Waals surface area (Å²) in [7, 11) is 0. The van der Waals surface area contributed by atoms with Crippen LogP contribution >= 0.6 is 39.7 Å². The first kappa shape index (κ1) is 17.7. The summed E-state index contributed by atoms with van der Waals surface area (Å²) < 4.78 is 6.21. The van der Waals surface area contributed by atoms with E-state index in [0.29, 0.717) is 10.8 Å². The Balaban J connectivity index is 1.82. The molecule has 2 rings (SSSR count). The Morgan fingerprint density at radius 3 is 2.61 bits per heavy atom. The highest BCUT2D eigenvalue weighted by molar-refractivity contribution is 9.10. The highest BCUT2D eigenvalue weighted by atomic mass is 79.9. The van der Waals surface area contributed by atoms with Crippen LogP contribution in [0.4, 0.5) is 5.69 Å². The second-order valence-electron chi connectivity index (χ2n) is 4.73. The van der Waals surface area contributed by atoms with Crippen molar-refractivity contribution in [3.63, 3.8) is 0 Å². The average molecular weight is 414 g/mol. The molecule has 0 aliphatic rings. The molecule has 0 saturated carbocycles. The van der Waals surface area contributed by atoms with E-state index in [1.807, 2.05) is 25.1 Å². The minimum absolute atomic E-state index is 0.140. The van der Waals surface area contributed by atoms with Crippen LogP contribution in [0.1, 0.15) is 5.56 Å². The van der Waals surface area contributed by atoms with Gasteiger partial charge in [-0.05, 0) is 77.0 Å². The fourth-order valence-electron chi connectivity index (χ4n) is 1.72. The Bertz CT molecular complexity index is 723. The number of hydrogen-bond donors (Lipinski definition) is 2. The molecule has 0 bridgehead atoms. The van der Waals surface area contributed by atoms with Crippen molar-refractivity contribution in [3.8, 4) is 5.75 Å². The van der Waals surface area contributed by atoms with E-state index in [2.05, 4.69) is 26.6 Å². The Morgan fingerprint density at radius 1 is 1.26 bits per heavy atom. The number of ether oxygens (including phenoxy) is 1. The van der Waals surface area contributed by atoms with E-state index in [9.17, 15) is 4.79 Å². The standard InChI is InChI=1S/C16H14BrClN2O2S/c1-10-2-7-14(13(17)8-10)19-16(23)20-15(21)9-22-12-5-3-11(18)4-6-12/h2-8H,9H2,1H3,(H2,19,20,21,23). The second kappa shape index (κ2) is 8.29. The number of amides is 1. The van der Waals surface area contributed by atoms with E-state index in [4.69, 9.17) is 28.6 Å². The molecule has 0 fully saturated rings. The summed E-state index contributed by atoms with van der Waals surface area (Å²) in [6, 6.07) is 12.5. The monoisotopic (exact) mass is 412 g/mol. The van der Waals surface area contributed by atoms with E-state index < -0.39 is 0 Å². The lowest BCUT2D eigenvalue weighted by molar-refractivity contribution is -0.121. The quantitative estimate of drug-likeness (QED) is 0.734. The number of benzene rings is 2. The van der Waals surface area contributed by atoms with Gasteiger partial charge in [-0.1, -0.05) is 17.7 Å². The summed E-state index contributed by atoms with van der Waals surface area (Å²) in [5.41, 5.74) is 1.90. The van der Waals surface area contributed by atoms with E-state index in [0.717, 1.165) is 15.7 Å². The third-order valence-electron chi connectivity index (χ3n) is 2.81. The minimum Gasteiger partial charge on any atom is -0.484 e. The Hall–Kier alpha value is -1.63. The van der Waals surface area contributed by atoms with Crippen LogP contribution in [0.15, 0.2) is 46.9 Å². The van der Waals surface area contributed by atoms with Crippen LogP contribution in [0.2, 0.25) is 5.02 Å². The van der Waals surface area contributed by atoms with Crippen LogP contribution in [0.3, 0.4) is 0 Å². The number of aryl methyl sites for hydroxylation is 1. The third kappa shape index (κ3) is 5.82. The summed E-state index contributed by atoms with van der Waals surface area (Å²) >= 11 is 14.3. The first-order valence-corrected chi connectivity index (χ1v) is 8.27. The molecule has 2 N–H and O–H groups in total. The molecule has 0 atom stereocenters. The van der Waals surface area contributed by atoms with Gasteiger partial charge in [-0.15, -0.1) is 0 Å². The summed E-state index contributed by atoms with van der Waals surface area (Å²) in [4.78, 5) is 11.8. The van der Waals surface area contributed by atoms with Gasteiger partial charge in [0, 0.05) is 9.50 Å². The molecule has 0 saturated heterocycles.